The number of nitrogens with two attached hydrogens (primary N) is 1. The van der Waals surface area contributed by atoms with Crippen LogP contribution in [0.15, 0.2) is 18.0 Å². The van der Waals surface area contributed by atoms with Crippen LogP contribution in [0.25, 0.3) is 0 Å². The third-order valence-electron chi connectivity index (χ3n) is 1.54. The molecule has 1 unspecified atom stereocenters. The fourth-order valence-electron chi connectivity index (χ4n) is 0.897. The van der Waals surface area contributed by atoms with Gasteiger partial charge in [-0.25, -0.2) is 9.78 Å². The number of nitrogens with zero attached hydrogens (tertiary/aromatic N) is 1. The predicted octanol–water partition coefficient (Wildman–Crippen LogP) is 0.474. The Morgan fingerprint density at radius 1 is 1.93 bits per heavy atom. The average molecular weight is 229 g/mol. The Bertz CT molecular complexity index is 353. The molecule has 0 radical (unpaired) electrons. The first kappa shape index (κ1) is 11.6. The molecule has 15 heavy (non-hydrogen) atoms. The van der Waals surface area contributed by atoms with E-state index in [2.05, 4.69) is 11.6 Å². The van der Waals surface area contributed by atoms with Gasteiger partial charge in [0.15, 0.2) is 11.2 Å². The molecule has 0 aliphatic heterocycles. The Labute approximate surface area is 90.3 Å². The monoisotopic (exact) mass is 229 g/mol. The number of hydrogen-bond donors (Lipinski definition) is 3. The van der Waals surface area contributed by atoms with Crippen LogP contribution in [-0.4, -0.2) is 22.8 Å². The van der Waals surface area contributed by atoms with E-state index in [0.717, 1.165) is 0 Å². The van der Waals surface area contributed by atoms with Crippen LogP contribution in [0.3, 0.4) is 0 Å². The minimum absolute atomic E-state index is 0.0800. The molecule has 0 amide bonds. The van der Waals surface area contributed by atoms with Crippen molar-refractivity contribution in [2.75, 3.05) is 12.3 Å². The molecule has 6 nitrogen and oxygen atoms in total. The van der Waals surface area contributed by atoms with Crippen LogP contribution >= 0.6 is 11.3 Å². The number of carbonyl (C=O) groups excluding carboxylic acids is 1. The van der Waals surface area contributed by atoms with E-state index in [1.807, 2.05) is 5.48 Å². The summed E-state index contributed by atoms with van der Waals surface area (Å²) in [7, 11) is 0. The van der Waals surface area contributed by atoms with Gasteiger partial charge in [-0.1, -0.05) is 12.7 Å². The minimum Gasteiger partial charge on any atom is -0.460 e. The number of hydroxylamine groups is 1. The molecular weight excluding hydrogens is 218 g/mol. The van der Waals surface area contributed by atoms with E-state index in [9.17, 15) is 4.79 Å². The minimum atomic E-state index is -1.02. The molecule has 0 bridgehead atoms. The highest BCUT2D eigenvalue weighted by molar-refractivity contribution is 7.13. The number of esters is 1. The van der Waals surface area contributed by atoms with Gasteiger partial charge in [-0.3, -0.25) is 0 Å². The van der Waals surface area contributed by atoms with Crippen molar-refractivity contribution >= 4 is 22.4 Å². The van der Waals surface area contributed by atoms with Crippen LogP contribution in [-0.2, 0) is 9.53 Å². The Morgan fingerprint density at radius 2 is 2.67 bits per heavy atom. The van der Waals surface area contributed by atoms with Crippen molar-refractivity contribution in [3.05, 3.63) is 23.7 Å². The molecule has 0 aromatic carbocycles. The second-order valence-electron chi connectivity index (χ2n) is 2.59. The second-order valence-corrected chi connectivity index (χ2v) is 3.48. The first-order chi connectivity index (χ1) is 7.19. The second kappa shape index (κ2) is 5.44. The lowest BCUT2D eigenvalue weighted by Crippen LogP contribution is -2.28. The molecule has 82 valence electrons. The molecule has 1 atom stereocenters. The van der Waals surface area contributed by atoms with E-state index < -0.39 is 12.0 Å². The standard InChI is InChI=1S/C8H11N3O3S/c1-2-3-14-7(12)6(11-13)5-4-15-8(9)10-5/h2,4,6,11,13H,1,3H2,(H2,9,10). The van der Waals surface area contributed by atoms with E-state index in [0.29, 0.717) is 10.8 Å². The maximum absolute atomic E-state index is 11.4. The van der Waals surface area contributed by atoms with E-state index in [1.165, 1.54) is 17.4 Å². The summed E-state index contributed by atoms with van der Waals surface area (Å²) in [6, 6.07) is -1.02. The molecule has 1 aromatic rings. The van der Waals surface area contributed by atoms with Gasteiger partial charge in [0.2, 0.25) is 0 Å². The quantitative estimate of drug-likeness (QED) is 0.386. The number of anilines is 1. The van der Waals surface area contributed by atoms with E-state index in [4.69, 9.17) is 15.7 Å². The smallest absolute Gasteiger partial charge is 0.332 e. The Kier molecular flexibility index (Phi) is 4.22. The number of nitrogens with one attached hydrogen (secondary N) is 1. The number of aromatic nitrogens is 1. The third kappa shape index (κ3) is 3.01. The molecule has 0 fully saturated rings. The van der Waals surface area contributed by atoms with Crippen molar-refractivity contribution < 1.29 is 14.7 Å². The fourth-order valence-corrected chi connectivity index (χ4v) is 1.49. The lowest BCUT2D eigenvalue weighted by Gasteiger charge is -2.10. The number of carbonyl (C=O) groups is 1. The van der Waals surface area contributed by atoms with Gasteiger partial charge < -0.3 is 15.7 Å². The summed E-state index contributed by atoms with van der Waals surface area (Å²) in [5.41, 5.74) is 7.55. The number of thiazole rings is 1. The SMILES string of the molecule is C=CCOC(=O)C(NO)c1csc(N)n1. The van der Waals surface area contributed by atoms with Crippen molar-refractivity contribution in [1.29, 1.82) is 0 Å². The molecule has 7 heteroatoms. The molecule has 1 aromatic heterocycles. The van der Waals surface area contributed by atoms with Gasteiger partial charge in [-0.2, -0.15) is 5.48 Å². The maximum Gasteiger partial charge on any atom is 0.332 e. The summed E-state index contributed by atoms with van der Waals surface area (Å²) in [6.07, 6.45) is 1.43. The normalized spacial score (nSPS) is 12.1. The molecule has 0 aliphatic carbocycles. The van der Waals surface area contributed by atoms with Gasteiger partial charge in [-0.15, -0.1) is 11.3 Å². The van der Waals surface area contributed by atoms with E-state index >= 15 is 0 Å². The summed E-state index contributed by atoms with van der Waals surface area (Å²) in [4.78, 5) is 15.2. The van der Waals surface area contributed by atoms with Gasteiger partial charge in [0, 0.05) is 5.38 Å². The Balaban J connectivity index is 2.70. The van der Waals surface area contributed by atoms with Crippen molar-refractivity contribution in [2.24, 2.45) is 0 Å². The molecule has 0 aliphatic rings. The van der Waals surface area contributed by atoms with E-state index in [-0.39, 0.29) is 6.61 Å². The molecule has 4 N–H and O–H groups in total. The predicted molar refractivity (Wildman–Crippen MR) is 55.3 cm³/mol. The van der Waals surface area contributed by atoms with Crippen LogP contribution in [0.2, 0.25) is 0 Å². The number of nitrogen functional groups attached to an aromatic ring is 1. The van der Waals surface area contributed by atoms with Crippen molar-refractivity contribution in [1.82, 2.24) is 10.5 Å². The summed E-state index contributed by atoms with van der Waals surface area (Å²) in [5, 5.41) is 10.7. The van der Waals surface area contributed by atoms with E-state index in [1.54, 1.807) is 5.38 Å². The molecular formula is C8H11N3O3S. The van der Waals surface area contributed by atoms with Gasteiger partial charge in [0.25, 0.3) is 0 Å². The highest BCUT2D eigenvalue weighted by Gasteiger charge is 2.23. The third-order valence-corrected chi connectivity index (χ3v) is 2.24. The van der Waals surface area contributed by atoms with Crippen LogP contribution in [0.5, 0.6) is 0 Å². The van der Waals surface area contributed by atoms with Gasteiger partial charge in [0.1, 0.15) is 6.61 Å². The highest BCUT2D eigenvalue weighted by Crippen LogP contribution is 2.18. The van der Waals surface area contributed by atoms with Crippen LogP contribution in [0, 0.1) is 0 Å². The fraction of sp³-hybridized carbons (Fsp3) is 0.250. The first-order valence-electron chi connectivity index (χ1n) is 4.07. The van der Waals surface area contributed by atoms with Gasteiger partial charge in [-0.05, 0) is 0 Å². The zero-order chi connectivity index (χ0) is 11.3. The first-order valence-corrected chi connectivity index (χ1v) is 4.95. The zero-order valence-electron chi connectivity index (χ0n) is 7.84. The maximum atomic E-state index is 11.4. The number of ether oxygens (including phenoxy) is 1. The lowest BCUT2D eigenvalue weighted by atomic mass is 10.2. The Morgan fingerprint density at radius 3 is 3.13 bits per heavy atom. The van der Waals surface area contributed by atoms with Gasteiger partial charge in [0.05, 0.1) is 5.69 Å². The van der Waals surface area contributed by atoms with Crippen LogP contribution in [0.4, 0.5) is 5.13 Å². The topological polar surface area (TPSA) is 97.5 Å². The van der Waals surface area contributed by atoms with Crippen molar-refractivity contribution in [3.63, 3.8) is 0 Å². The van der Waals surface area contributed by atoms with Crippen LogP contribution in [0.1, 0.15) is 11.7 Å². The molecule has 0 saturated carbocycles. The summed E-state index contributed by atoms with van der Waals surface area (Å²) in [6.45, 7) is 3.48. The average Bonchev–Trinajstić information content (AvgIpc) is 2.63. The summed E-state index contributed by atoms with van der Waals surface area (Å²) >= 11 is 1.18. The molecule has 1 rings (SSSR count). The Hall–Kier alpha value is -1.44. The van der Waals surface area contributed by atoms with Gasteiger partial charge >= 0.3 is 5.97 Å². The number of rotatable bonds is 5. The number of hydrogen-bond acceptors (Lipinski definition) is 7. The van der Waals surface area contributed by atoms with Crippen molar-refractivity contribution in [3.8, 4) is 0 Å². The largest absolute Gasteiger partial charge is 0.460 e. The zero-order valence-corrected chi connectivity index (χ0v) is 8.66. The summed E-state index contributed by atoms with van der Waals surface area (Å²) in [5.74, 6) is -0.636. The molecule has 0 spiro atoms. The summed E-state index contributed by atoms with van der Waals surface area (Å²) < 4.78 is 4.75. The molecule has 0 saturated heterocycles. The highest BCUT2D eigenvalue weighted by atomic mass is 32.1. The molecule has 1 heterocycles. The van der Waals surface area contributed by atoms with Crippen molar-refractivity contribution in [2.45, 2.75) is 6.04 Å². The lowest BCUT2D eigenvalue weighted by molar-refractivity contribution is -0.148. The van der Waals surface area contributed by atoms with Crippen LogP contribution < -0.4 is 11.2 Å².